The lowest BCUT2D eigenvalue weighted by Crippen LogP contribution is -2.54. The van der Waals surface area contributed by atoms with Gasteiger partial charge in [-0.3, -0.25) is 9.59 Å². The Morgan fingerprint density at radius 1 is 1.19 bits per heavy atom. The summed E-state index contributed by atoms with van der Waals surface area (Å²) in [5.74, 6) is -2.86. The number of fused-ring (bicyclic) bond motifs is 2. The number of nitrogens with zero attached hydrogens (tertiary/aromatic N) is 2. The molecule has 12 heteroatoms. The second-order valence-electron chi connectivity index (χ2n) is 11.1. The Bertz CT molecular complexity index is 1430. The van der Waals surface area contributed by atoms with Crippen molar-refractivity contribution in [1.29, 1.82) is 0 Å². The molecule has 2 amide bonds. The van der Waals surface area contributed by atoms with Crippen LogP contribution in [-0.2, 0) is 20.8 Å². The predicted octanol–water partition coefficient (Wildman–Crippen LogP) is 6.00. The molecule has 1 aromatic heterocycles. The van der Waals surface area contributed by atoms with Crippen LogP contribution >= 0.6 is 11.6 Å². The molecule has 0 saturated heterocycles. The van der Waals surface area contributed by atoms with Crippen molar-refractivity contribution in [3.05, 3.63) is 64.8 Å². The number of hydrogen-bond acceptors (Lipinski definition) is 4. The molecule has 43 heavy (non-hydrogen) atoms. The number of unbranched alkanes of at least 4 members (excludes halogenated alkanes) is 1. The first-order valence-electron chi connectivity index (χ1n) is 14.1. The zero-order valence-corrected chi connectivity index (χ0v) is 25.4. The summed E-state index contributed by atoms with van der Waals surface area (Å²) in [5, 5.41) is 12.0. The van der Waals surface area contributed by atoms with Gasteiger partial charge in [-0.2, -0.15) is 13.2 Å². The lowest BCUT2D eigenvalue weighted by atomic mass is 9.88. The van der Waals surface area contributed by atoms with E-state index in [1.807, 2.05) is 54.4 Å². The number of hydrogen-bond donors (Lipinski definition) is 3. The number of H-pyrrole nitrogens is 1. The maximum atomic E-state index is 14.3. The Balaban J connectivity index is 0.000000646. The van der Waals surface area contributed by atoms with Crippen molar-refractivity contribution in [3.63, 3.8) is 0 Å². The third kappa shape index (κ3) is 8.96. The van der Waals surface area contributed by atoms with Crippen molar-refractivity contribution in [2.24, 2.45) is 5.92 Å². The monoisotopic (exact) mass is 622 g/mol. The zero-order chi connectivity index (χ0) is 31.9. The van der Waals surface area contributed by atoms with Crippen LogP contribution in [-0.4, -0.2) is 72.2 Å². The van der Waals surface area contributed by atoms with E-state index in [9.17, 15) is 22.8 Å². The fourth-order valence-electron chi connectivity index (χ4n) is 5.36. The van der Waals surface area contributed by atoms with Gasteiger partial charge >= 0.3 is 12.1 Å². The summed E-state index contributed by atoms with van der Waals surface area (Å²) < 4.78 is 31.7. The van der Waals surface area contributed by atoms with E-state index in [1.165, 1.54) is 0 Å². The van der Waals surface area contributed by atoms with Crippen molar-refractivity contribution >= 4 is 46.0 Å². The molecule has 0 saturated carbocycles. The number of carboxylic acid groups (broad SMARTS) is 1. The minimum Gasteiger partial charge on any atom is -0.475 e. The molecule has 2 heterocycles. The summed E-state index contributed by atoms with van der Waals surface area (Å²) in [4.78, 5) is 43.5. The number of aromatic nitrogens is 1. The van der Waals surface area contributed by atoms with Gasteiger partial charge in [0.1, 0.15) is 6.04 Å². The number of nitrogens with one attached hydrogen (secondary N) is 2. The number of benzene rings is 2. The van der Waals surface area contributed by atoms with Crippen LogP contribution in [0.2, 0.25) is 5.02 Å². The number of carbonyl (C=O) groups is 3. The van der Waals surface area contributed by atoms with Crippen molar-refractivity contribution in [3.8, 4) is 0 Å². The summed E-state index contributed by atoms with van der Waals surface area (Å²) in [6.07, 6.45) is -0.118. The molecule has 8 nitrogen and oxygen atoms in total. The average molecular weight is 623 g/mol. The first-order valence-corrected chi connectivity index (χ1v) is 14.5. The highest BCUT2D eigenvalue weighted by molar-refractivity contribution is 6.30. The Hall–Kier alpha value is -3.57. The standard InChI is InChI=1S/C29H37ClN4O2.C2HF3O2/c1-5-6-11-27(35)32-28(19(2)24-16-31-25-10-8-7-9-23(24)25)29(36)34-18-20(17-33(3)4)14-21-15-22(30)12-13-26(21)34;3-2(4,5)1(6)7/h7-10,12-13,15-16,19-20,28,31H,5-6,11,14,17-18H2,1-4H3,(H,32,35);(H,6,7)/t19?,20-,28?;/m1./s1. The SMILES string of the molecule is CCCCC(=O)NC(C(=O)N1C[C@@H](CN(C)C)Cc2cc(Cl)ccc21)C(C)c1c[nH]c2ccccc12.O=C(O)C(F)(F)F. The predicted molar refractivity (Wildman–Crippen MR) is 161 cm³/mol. The first kappa shape index (κ1) is 33.9. The smallest absolute Gasteiger partial charge is 0.475 e. The zero-order valence-electron chi connectivity index (χ0n) is 24.7. The molecule has 2 unspecified atom stereocenters. The summed E-state index contributed by atoms with van der Waals surface area (Å²) in [7, 11) is 4.10. The van der Waals surface area contributed by atoms with Crippen molar-refractivity contribution in [2.45, 2.75) is 57.7 Å². The number of carboxylic acids is 1. The summed E-state index contributed by atoms with van der Waals surface area (Å²) in [6.45, 7) is 5.56. The number of halogens is 4. The maximum absolute atomic E-state index is 14.3. The molecule has 4 rings (SSSR count). The molecule has 0 aliphatic carbocycles. The number of alkyl halides is 3. The lowest BCUT2D eigenvalue weighted by molar-refractivity contribution is -0.192. The quantitative estimate of drug-likeness (QED) is 0.271. The van der Waals surface area contributed by atoms with E-state index in [-0.39, 0.29) is 23.7 Å². The molecule has 2 aromatic carbocycles. The van der Waals surface area contributed by atoms with Crippen LogP contribution in [0, 0.1) is 5.92 Å². The number of rotatable bonds is 9. The van der Waals surface area contributed by atoms with E-state index in [2.05, 4.69) is 42.3 Å². The number of aliphatic carboxylic acids is 1. The molecule has 3 N–H and O–H groups in total. The molecule has 234 valence electrons. The Morgan fingerprint density at radius 3 is 2.49 bits per heavy atom. The van der Waals surface area contributed by atoms with Gasteiger partial charge in [-0.25, -0.2) is 4.79 Å². The maximum Gasteiger partial charge on any atom is 0.490 e. The van der Waals surface area contributed by atoms with E-state index >= 15 is 0 Å². The highest BCUT2D eigenvalue weighted by atomic mass is 35.5. The van der Waals surface area contributed by atoms with Gasteiger partial charge in [0.15, 0.2) is 0 Å². The van der Waals surface area contributed by atoms with Crippen LogP contribution in [0.3, 0.4) is 0 Å². The van der Waals surface area contributed by atoms with Gasteiger partial charge in [0.05, 0.1) is 0 Å². The second kappa shape index (κ2) is 14.7. The van der Waals surface area contributed by atoms with Gasteiger partial charge < -0.3 is 25.2 Å². The third-order valence-corrected chi connectivity index (χ3v) is 7.60. The number of amides is 2. The number of anilines is 1. The van der Waals surface area contributed by atoms with Gasteiger partial charge in [-0.1, -0.05) is 50.1 Å². The molecule has 1 aliphatic rings. The molecular weight excluding hydrogens is 585 g/mol. The van der Waals surface area contributed by atoms with Crippen LogP contribution in [0.1, 0.15) is 50.2 Å². The van der Waals surface area contributed by atoms with Crippen LogP contribution in [0.4, 0.5) is 18.9 Å². The highest BCUT2D eigenvalue weighted by Gasteiger charge is 2.38. The normalized spacial score (nSPS) is 16.2. The minimum atomic E-state index is -5.08. The largest absolute Gasteiger partial charge is 0.490 e. The summed E-state index contributed by atoms with van der Waals surface area (Å²) in [6, 6.07) is 13.1. The Labute approximate surface area is 254 Å². The highest BCUT2D eigenvalue weighted by Crippen LogP contribution is 2.35. The van der Waals surface area contributed by atoms with E-state index in [4.69, 9.17) is 21.5 Å². The van der Waals surface area contributed by atoms with Crippen molar-refractivity contribution < 1.29 is 32.7 Å². The van der Waals surface area contributed by atoms with E-state index in [1.54, 1.807) is 0 Å². The lowest BCUT2D eigenvalue weighted by Gasteiger charge is -2.38. The molecule has 0 radical (unpaired) electrons. The van der Waals surface area contributed by atoms with Crippen LogP contribution in [0.15, 0.2) is 48.7 Å². The minimum absolute atomic E-state index is 0.0790. The van der Waals surface area contributed by atoms with Crippen LogP contribution in [0.5, 0.6) is 0 Å². The average Bonchev–Trinajstić information content (AvgIpc) is 3.37. The number of aromatic amines is 1. The molecular formula is C31H38ClF3N4O4. The summed E-state index contributed by atoms with van der Waals surface area (Å²) in [5.41, 5.74) is 4.01. The first-order chi connectivity index (χ1) is 20.2. The molecule has 1 aliphatic heterocycles. The van der Waals surface area contributed by atoms with Crippen molar-refractivity contribution in [2.75, 3.05) is 32.1 Å². The molecule has 3 aromatic rings. The van der Waals surface area contributed by atoms with Gasteiger partial charge in [0, 0.05) is 53.2 Å². The molecule has 3 atom stereocenters. The van der Waals surface area contributed by atoms with Gasteiger partial charge in [0.2, 0.25) is 11.8 Å². The Morgan fingerprint density at radius 2 is 1.86 bits per heavy atom. The van der Waals surface area contributed by atoms with Gasteiger partial charge in [0.25, 0.3) is 0 Å². The van der Waals surface area contributed by atoms with Gasteiger partial charge in [-0.05, 0) is 68.2 Å². The van der Waals surface area contributed by atoms with Gasteiger partial charge in [-0.15, -0.1) is 0 Å². The fraction of sp³-hybridized carbons (Fsp3) is 0.452. The van der Waals surface area contributed by atoms with Crippen molar-refractivity contribution in [1.82, 2.24) is 15.2 Å². The molecule has 0 fully saturated rings. The van der Waals surface area contributed by atoms with Crippen LogP contribution < -0.4 is 10.2 Å². The second-order valence-corrected chi connectivity index (χ2v) is 11.5. The van der Waals surface area contributed by atoms with E-state index in [0.29, 0.717) is 18.0 Å². The third-order valence-electron chi connectivity index (χ3n) is 7.37. The topological polar surface area (TPSA) is 106 Å². The van der Waals surface area contributed by atoms with E-state index in [0.717, 1.165) is 53.5 Å². The molecule has 0 bridgehead atoms. The van der Waals surface area contributed by atoms with Crippen LogP contribution in [0.25, 0.3) is 10.9 Å². The summed E-state index contributed by atoms with van der Waals surface area (Å²) >= 11 is 6.34. The molecule has 0 spiro atoms. The number of carbonyl (C=O) groups excluding carboxylic acids is 2. The fourth-order valence-corrected chi connectivity index (χ4v) is 5.56. The number of para-hydroxylation sites is 1. The van der Waals surface area contributed by atoms with E-state index < -0.39 is 18.2 Å². The Kier molecular flexibility index (Phi) is 11.6.